The number of benzene rings is 1. The number of piperazine rings is 1. The van der Waals surface area contributed by atoms with E-state index in [0.29, 0.717) is 0 Å². The maximum atomic E-state index is 12.5. The van der Waals surface area contributed by atoms with Gasteiger partial charge in [0.15, 0.2) is 0 Å². The molecule has 0 spiro atoms. The summed E-state index contributed by atoms with van der Waals surface area (Å²) in [6.07, 6.45) is 3.02. The first-order valence-electron chi connectivity index (χ1n) is 8.45. The Morgan fingerprint density at radius 3 is 2.45 bits per heavy atom. The zero-order chi connectivity index (χ0) is 15.4. The van der Waals surface area contributed by atoms with Crippen LogP contribution >= 0.6 is 0 Å². The molecule has 1 aliphatic heterocycles. The van der Waals surface area contributed by atoms with Crippen molar-refractivity contribution in [3.63, 3.8) is 0 Å². The first kappa shape index (κ1) is 15.5. The zero-order valence-electron chi connectivity index (χ0n) is 13.6. The Labute approximate surface area is 133 Å². The van der Waals surface area contributed by atoms with E-state index >= 15 is 0 Å². The second-order valence-electron chi connectivity index (χ2n) is 6.70. The van der Waals surface area contributed by atoms with E-state index in [0.717, 1.165) is 58.5 Å². The van der Waals surface area contributed by atoms with E-state index in [1.807, 2.05) is 18.2 Å². The van der Waals surface area contributed by atoms with Gasteiger partial charge in [0, 0.05) is 32.7 Å². The van der Waals surface area contributed by atoms with Crippen molar-refractivity contribution >= 4 is 5.91 Å². The van der Waals surface area contributed by atoms with Crippen LogP contribution < -0.4 is 5.32 Å². The number of likely N-dealkylation sites (N-methyl/N-ethyl adjacent to an activating group) is 1. The van der Waals surface area contributed by atoms with Crippen LogP contribution in [-0.4, -0.2) is 62.0 Å². The molecule has 1 aromatic carbocycles. The molecule has 2 fully saturated rings. The molecular formula is C18H27N3O. The lowest BCUT2D eigenvalue weighted by Crippen LogP contribution is -2.45. The molecule has 4 heteroatoms. The van der Waals surface area contributed by atoms with E-state index in [9.17, 15) is 4.79 Å². The second-order valence-corrected chi connectivity index (χ2v) is 6.70. The predicted molar refractivity (Wildman–Crippen MR) is 88.9 cm³/mol. The highest BCUT2D eigenvalue weighted by molar-refractivity contribution is 5.91. The van der Waals surface area contributed by atoms with Crippen molar-refractivity contribution in [2.24, 2.45) is 0 Å². The first-order chi connectivity index (χ1) is 10.7. The van der Waals surface area contributed by atoms with Crippen molar-refractivity contribution < 1.29 is 4.79 Å². The third-order valence-corrected chi connectivity index (χ3v) is 5.04. The van der Waals surface area contributed by atoms with Crippen molar-refractivity contribution in [3.8, 4) is 0 Å². The summed E-state index contributed by atoms with van der Waals surface area (Å²) < 4.78 is 0. The Morgan fingerprint density at radius 2 is 1.82 bits per heavy atom. The Bertz CT molecular complexity index is 490. The summed E-state index contributed by atoms with van der Waals surface area (Å²) in [4.78, 5) is 17.4. The Kier molecular flexibility index (Phi) is 4.79. The van der Waals surface area contributed by atoms with Gasteiger partial charge in [0.1, 0.15) is 0 Å². The minimum atomic E-state index is -0.227. The highest BCUT2D eigenvalue weighted by Gasteiger charge is 2.50. The van der Waals surface area contributed by atoms with Crippen molar-refractivity contribution in [3.05, 3.63) is 35.9 Å². The fourth-order valence-corrected chi connectivity index (χ4v) is 3.27. The number of nitrogens with one attached hydrogen (secondary N) is 1. The summed E-state index contributed by atoms with van der Waals surface area (Å²) in [5, 5.41) is 3.16. The molecule has 0 radical (unpaired) electrons. The smallest absolute Gasteiger partial charge is 0.230 e. The molecule has 4 nitrogen and oxygen atoms in total. The molecule has 1 aliphatic carbocycles. The maximum absolute atomic E-state index is 12.5. The summed E-state index contributed by atoms with van der Waals surface area (Å²) in [7, 11) is 2.18. The van der Waals surface area contributed by atoms with Gasteiger partial charge in [-0.15, -0.1) is 0 Å². The highest BCUT2D eigenvalue weighted by atomic mass is 16.2. The lowest BCUT2D eigenvalue weighted by molar-refractivity contribution is -0.123. The molecule has 1 amide bonds. The average molecular weight is 301 g/mol. The Balaban J connectivity index is 1.40. The van der Waals surface area contributed by atoms with Gasteiger partial charge in [-0.05, 0) is 38.4 Å². The third kappa shape index (κ3) is 3.50. The van der Waals surface area contributed by atoms with E-state index in [1.165, 1.54) is 5.56 Å². The zero-order valence-corrected chi connectivity index (χ0v) is 13.6. The van der Waals surface area contributed by atoms with Crippen LogP contribution in [0.25, 0.3) is 0 Å². The van der Waals surface area contributed by atoms with E-state index < -0.39 is 0 Å². The fourth-order valence-electron chi connectivity index (χ4n) is 3.27. The van der Waals surface area contributed by atoms with Gasteiger partial charge < -0.3 is 15.1 Å². The van der Waals surface area contributed by atoms with Crippen LogP contribution in [-0.2, 0) is 10.2 Å². The SMILES string of the molecule is CN1CCN(CCCNC(=O)C2(c3ccccc3)CC2)CC1. The lowest BCUT2D eigenvalue weighted by Gasteiger charge is -2.32. The van der Waals surface area contributed by atoms with Crippen molar-refractivity contribution in [2.45, 2.75) is 24.7 Å². The van der Waals surface area contributed by atoms with Crippen LogP contribution in [0.15, 0.2) is 30.3 Å². The monoisotopic (exact) mass is 301 g/mol. The number of carbonyl (C=O) groups is 1. The number of rotatable bonds is 6. The van der Waals surface area contributed by atoms with Crippen LogP contribution in [0.2, 0.25) is 0 Å². The number of hydrogen-bond acceptors (Lipinski definition) is 3. The molecule has 1 aromatic rings. The molecule has 22 heavy (non-hydrogen) atoms. The summed E-state index contributed by atoms with van der Waals surface area (Å²) in [5.74, 6) is 0.220. The molecule has 0 aromatic heterocycles. The number of hydrogen-bond donors (Lipinski definition) is 1. The Hall–Kier alpha value is -1.39. The predicted octanol–water partition coefficient (Wildman–Crippen LogP) is 1.47. The standard InChI is InChI=1S/C18H27N3O/c1-20-12-14-21(15-13-20)11-5-10-19-17(22)18(8-9-18)16-6-3-2-4-7-16/h2-4,6-7H,5,8-15H2,1H3,(H,19,22). The van der Waals surface area contributed by atoms with Gasteiger partial charge in [-0.25, -0.2) is 0 Å². The van der Waals surface area contributed by atoms with Crippen LogP contribution in [0.1, 0.15) is 24.8 Å². The van der Waals surface area contributed by atoms with E-state index in [4.69, 9.17) is 0 Å². The quantitative estimate of drug-likeness (QED) is 0.808. The van der Waals surface area contributed by atoms with Crippen LogP contribution in [0, 0.1) is 0 Å². The molecule has 1 heterocycles. The van der Waals surface area contributed by atoms with Gasteiger partial charge in [-0.2, -0.15) is 0 Å². The second kappa shape index (κ2) is 6.80. The number of amides is 1. The molecule has 0 atom stereocenters. The average Bonchev–Trinajstić information content (AvgIpc) is 3.36. The van der Waals surface area contributed by atoms with Crippen LogP contribution in [0.4, 0.5) is 0 Å². The minimum Gasteiger partial charge on any atom is -0.355 e. The molecule has 1 saturated heterocycles. The van der Waals surface area contributed by atoms with Crippen molar-refractivity contribution in [1.29, 1.82) is 0 Å². The van der Waals surface area contributed by atoms with Gasteiger partial charge in [0.25, 0.3) is 0 Å². The molecule has 0 unspecified atom stereocenters. The normalized spacial score (nSPS) is 21.5. The fraction of sp³-hybridized carbons (Fsp3) is 0.611. The molecule has 3 rings (SSSR count). The van der Waals surface area contributed by atoms with Gasteiger partial charge in [0.05, 0.1) is 5.41 Å². The summed E-state index contributed by atoms with van der Waals surface area (Å²) >= 11 is 0. The van der Waals surface area contributed by atoms with Crippen molar-refractivity contribution in [1.82, 2.24) is 15.1 Å². The topological polar surface area (TPSA) is 35.6 Å². The van der Waals surface area contributed by atoms with Gasteiger partial charge in [0.2, 0.25) is 5.91 Å². The number of nitrogens with zero attached hydrogens (tertiary/aromatic N) is 2. The molecule has 120 valence electrons. The van der Waals surface area contributed by atoms with Gasteiger partial charge in [-0.1, -0.05) is 30.3 Å². The summed E-state index contributed by atoms with van der Waals surface area (Å²) in [5.41, 5.74) is 0.946. The molecule has 1 saturated carbocycles. The molecular weight excluding hydrogens is 274 g/mol. The van der Waals surface area contributed by atoms with E-state index in [-0.39, 0.29) is 11.3 Å². The third-order valence-electron chi connectivity index (χ3n) is 5.04. The Morgan fingerprint density at radius 1 is 1.14 bits per heavy atom. The van der Waals surface area contributed by atoms with Gasteiger partial charge >= 0.3 is 0 Å². The minimum absolute atomic E-state index is 0.220. The van der Waals surface area contributed by atoms with E-state index in [2.05, 4.69) is 34.3 Å². The maximum Gasteiger partial charge on any atom is 0.230 e. The lowest BCUT2D eigenvalue weighted by atomic mass is 9.95. The van der Waals surface area contributed by atoms with Gasteiger partial charge in [-0.3, -0.25) is 4.79 Å². The largest absolute Gasteiger partial charge is 0.355 e. The molecule has 2 aliphatic rings. The van der Waals surface area contributed by atoms with Crippen molar-refractivity contribution in [2.75, 3.05) is 46.3 Å². The molecule has 0 bridgehead atoms. The summed E-state index contributed by atoms with van der Waals surface area (Å²) in [6.45, 7) is 6.50. The molecule has 1 N–H and O–H groups in total. The number of carbonyl (C=O) groups excluding carboxylic acids is 1. The summed E-state index contributed by atoms with van der Waals surface area (Å²) in [6, 6.07) is 10.2. The van der Waals surface area contributed by atoms with Crippen LogP contribution in [0.5, 0.6) is 0 Å². The highest BCUT2D eigenvalue weighted by Crippen LogP contribution is 2.48. The first-order valence-corrected chi connectivity index (χ1v) is 8.45. The van der Waals surface area contributed by atoms with E-state index in [1.54, 1.807) is 0 Å². The van der Waals surface area contributed by atoms with Crippen LogP contribution in [0.3, 0.4) is 0 Å².